The zero-order chi connectivity index (χ0) is 30.1. The van der Waals surface area contributed by atoms with Gasteiger partial charge in [-0.15, -0.1) is 0 Å². The summed E-state index contributed by atoms with van der Waals surface area (Å²) in [5, 5.41) is 13.8. The zero-order valence-electron chi connectivity index (χ0n) is 25.1. The number of carboxylic acids is 1. The molecule has 8 heteroatoms. The monoisotopic (exact) mass is 584 g/mol. The van der Waals surface area contributed by atoms with Crippen LogP contribution in [0.25, 0.3) is 0 Å². The standard InChI is InChI=1S/C35H40N2O6/c1-4-22-16-21(3)17-23(5-2)33(22)36-31(38)20-37-19-28(25-8-13-29-30(18-25)42-15-14-41-29)32(35(39)40)34(37)24-6-9-26(10-7-24)43-27-11-12-27/h6-10,13,16-18,27-28,32,34H,4-5,11-12,14-15,19-20H2,1-3H3,(H,36,38)(H,39,40)/t28-,32-,34+/m1/s1. The van der Waals surface area contributed by atoms with Gasteiger partial charge < -0.3 is 24.6 Å². The van der Waals surface area contributed by atoms with Gasteiger partial charge in [-0.3, -0.25) is 14.5 Å². The number of fused-ring (bicyclic) bond motifs is 1. The number of aliphatic carboxylic acids is 1. The summed E-state index contributed by atoms with van der Waals surface area (Å²) < 4.78 is 17.5. The summed E-state index contributed by atoms with van der Waals surface area (Å²) >= 11 is 0. The van der Waals surface area contributed by atoms with Crippen molar-refractivity contribution >= 4 is 17.6 Å². The van der Waals surface area contributed by atoms with Crippen LogP contribution < -0.4 is 19.5 Å². The molecule has 3 aliphatic rings. The van der Waals surface area contributed by atoms with Gasteiger partial charge in [0.05, 0.1) is 18.6 Å². The molecule has 0 spiro atoms. The van der Waals surface area contributed by atoms with Gasteiger partial charge >= 0.3 is 5.97 Å². The Morgan fingerprint density at radius 2 is 1.58 bits per heavy atom. The largest absolute Gasteiger partial charge is 0.490 e. The first-order valence-electron chi connectivity index (χ1n) is 15.4. The Hall–Kier alpha value is -4.04. The average Bonchev–Trinajstić information content (AvgIpc) is 3.75. The van der Waals surface area contributed by atoms with E-state index in [2.05, 4.69) is 38.2 Å². The molecule has 0 unspecified atom stereocenters. The Morgan fingerprint density at radius 1 is 0.930 bits per heavy atom. The summed E-state index contributed by atoms with van der Waals surface area (Å²) in [6.07, 6.45) is 4.00. The maximum absolute atomic E-state index is 13.7. The number of hydrogen-bond donors (Lipinski definition) is 2. The molecule has 8 nitrogen and oxygen atoms in total. The molecule has 2 aliphatic heterocycles. The number of nitrogens with zero attached hydrogens (tertiary/aromatic N) is 1. The normalized spacial score (nSPS) is 21.4. The van der Waals surface area contributed by atoms with Crippen molar-refractivity contribution in [2.45, 2.75) is 64.5 Å². The molecule has 3 aromatic carbocycles. The van der Waals surface area contributed by atoms with Gasteiger partial charge in [-0.25, -0.2) is 0 Å². The molecule has 2 heterocycles. The van der Waals surface area contributed by atoms with E-state index in [1.165, 1.54) is 5.56 Å². The molecule has 2 fully saturated rings. The third kappa shape index (κ3) is 6.20. The van der Waals surface area contributed by atoms with E-state index < -0.39 is 17.9 Å². The van der Waals surface area contributed by atoms with Crippen LogP contribution in [0.5, 0.6) is 17.2 Å². The van der Waals surface area contributed by atoms with E-state index in [-0.39, 0.29) is 24.5 Å². The minimum atomic E-state index is -0.897. The highest BCUT2D eigenvalue weighted by Crippen LogP contribution is 2.47. The average molecular weight is 585 g/mol. The summed E-state index contributed by atoms with van der Waals surface area (Å²) in [5.74, 6) is -0.115. The highest BCUT2D eigenvalue weighted by Gasteiger charge is 2.48. The van der Waals surface area contributed by atoms with E-state index in [9.17, 15) is 14.7 Å². The molecule has 0 bridgehead atoms. The minimum absolute atomic E-state index is 0.0655. The molecule has 1 saturated heterocycles. The van der Waals surface area contributed by atoms with Gasteiger partial charge in [0.15, 0.2) is 11.5 Å². The zero-order valence-corrected chi connectivity index (χ0v) is 25.1. The maximum atomic E-state index is 13.7. The van der Waals surface area contributed by atoms with Crippen LogP contribution in [-0.2, 0) is 22.4 Å². The van der Waals surface area contributed by atoms with Crippen molar-refractivity contribution < 1.29 is 28.9 Å². The second-order valence-electron chi connectivity index (χ2n) is 11.8. The lowest BCUT2D eigenvalue weighted by molar-refractivity contribution is -0.143. The van der Waals surface area contributed by atoms with Crippen LogP contribution >= 0.6 is 0 Å². The number of ether oxygens (including phenoxy) is 3. The molecular weight excluding hydrogens is 544 g/mol. The topological polar surface area (TPSA) is 97.3 Å². The van der Waals surface area contributed by atoms with E-state index in [0.29, 0.717) is 31.3 Å². The molecule has 1 aliphatic carbocycles. The first-order valence-corrected chi connectivity index (χ1v) is 15.4. The third-order valence-corrected chi connectivity index (χ3v) is 8.75. The molecular formula is C35H40N2O6. The van der Waals surface area contributed by atoms with Gasteiger partial charge in [0.1, 0.15) is 19.0 Å². The van der Waals surface area contributed by atoms with Crippen LogP contribution in [0, 0.1) is 12.8 Å². The van der Waals surface area contributed by atoms with E-state index >= 15 is 0 Å². The Morgan fingerprint density at radius 3 is 2.21 bits per heavy atom. The number of anilines is 1. The quantitative estimate of drug-likeness (QED) is 0.306. The number of benzene rings is 3. The Kier molecular flexibility index (Phi) is 8.30. The molecule has 226 valence electrons. The van der Waals surface area contributed by atoms with Crippen LogP contribution in [0.2, 0.25) is 0 Å². The number of aryl methyl sites for hydroxylation is 3. The van der Waals surface area contributed by atoms with E-state index in [4.69, 9.17) is 14.2 Å². The van der Waals surface area contributed by atoms with Gasteiger partial charge in [-0.2, -0.15) is 0 Å². The van der Waals surface area contributed by atoms with Crippen molar-refractivity contribution in [3.8, 4) is 17.2 Å². The van der Waals surface area contributed by atoms with Gasteiger partial charge in [0.2, 0.25) is 5.91 Å². The van der Waals surface area contributed by atoms with Crippen molar-refractivity contribution in [3.63, 3.8) is 0 Å². The molecule has 6 rings (SSSR count). The number of carbonyl (C=O) groups is 2. The number of rotatable bonds is 10. The van der Waals surface area contributed by atoms with Crippen LogP contribution in [0.4, 0.5) is 5.69 Å². The van der Waals surface area contributed by atoms with Crippen LogP contribution in [-0.4, -0.2) is 54.3 Å². The number of likely N-dealkylation sites (tertiary alicyclic amines) is 1. The van der Waals surface area contributed by atoms with Gasteiger partial charge in [-0.1, -0.05) is 49.7 Å². The number of amides is 1. The van der Waals surface area contributed by atoms with Gasteiger partial charge in [0.25, 0.3) is 0 Å². The van der Waals surface area contributed by atoms with Gasteiger partial charge in [0, 0.05) is 24.2 Å². The summed E-state index contributed by atoms with van der Waals surface area (Å²) in [6.45, 7) is 7.66. The minimum Gasteiger partial charge on any atom is -0.490 e. The highest BCUT2D eigenvalue weighted by atomic mass is 16.6. The molecule has 1 amide bonds. The summed E-state index contributed by atoms with van der Waals surface area (Å²) in [6, 6.07) is 17.1. The molecule has 0 aromatic heterocycles. The lowest BCUT2D eigenvalue weighted by Crippen LogP contribution is -2.35. The lowest BCUT2D eigenvalue weighted by Gasteiger charge is -2.27. The van der Waals surface area contributed by atoms with E-state index in [1.807, 2.05) is 47.4 Å². The Balaban J connectivity index is 1.32. The predicted molar refractivity (Wildman–Crippen MR) is 164 cm³/mol. The van der Waals surface area contributed by atoms with Crippen LogP contribution in [0.15, 0.2) is 54.6 Å². The second-order valence-corrected chi connectivity index (χ2v) is 11.8. The smallest absolute Gasteiger partial charge is 0.309 e. The predicted octanol–water partition coefficient (Wildman–Crippen LogP) is 5.91. The number of carbonyl (C=O) groups excluding carboxylic acids is 1. The Labute approximate surface area is 252 Å². The maximum Gasteiger partial charge on any atom is 0.309 e. The molecule has 1 saturated carbocycles. The van der Waals surface area contributed by atoms with E-state index in [0.717, 1.165) is 59.4 Å². The number of hydrogen-bond acceptors (Lipinski definition) is 6. The molecule has 0 radical (unpaired) electrons. The van der Waals surface area contributed by atoms with Crippen LogP contribution in [0.1, 0.15) is 66.5 Å². The fraction of sp³-hybridized carbons (Fsp3) is 0.429. The van der Waals surface area contributed by atoms with E-state index in [1.54, 1.807) is 0 Å². The van der Waals surface area contributed by atoms with Crippen molar-refractivity contribution in [1.29, 1.82) is 0 Å². The van der Waals surface area contributed by atoms with Crippen molar-refractivity contribution in [1.82, 2.24) is 4.90 Å². The summed E-state index contributed by atoms with van der Waals surface area (Å²) in [5.41, 5.74) is 5.96. The fourth-order valence-corrected chi connectivity index (χ4v) is 6.56. The SMILES string of the molecule is CCc1cc(C)cc(CC)c1NC(=O)CN1C[C@H](c2ccc3c(c2)OCCO3)[C@@H](C(=O)O)[C@@H]1c1ccc(OC2CC2)cc1. The van der Waals surface area contributed by atoms with Crippen molar-refractivity contribution in [2.24, 2.45) is 5.92 Å². The molecule has 3 aromatic rings. The Bertz CT molecular complexity index is 1470. The van der Waals surface area contributed by atoms with Crippen molar-refractivity contribution in [2.75, 3.05) is 31.6 Å². The van der Waals surface area contributed by atoms with Gasteiger partial charge in [-0.05, 0) is 79.1 Å². The fourth-order valence-electron chi connectivity index (χ4n) is 6.56. The number of carboxylic acid groups (broad SMARTS) is 1. The highest BCUT2D eigenvalue weighted by molar-refractivity contribution is 5.94. The number of nitrogens with one attached hydrogen (secondary N) is 1. The van der Waals surface area contributed by atoms with Crippen LogP contribution in [0.3, 0.4) is 0 Å². The summed E-state index contributed by atoms with van der Waals surface area (Å²) in [7, 11) is 0. The summed E-state index contributed by atoms with van der Waals surface area (Å²) in [4.78, 5) is 28.7. The lowest BCUT2D eigenvalue weighted by atomic mass is 9.82. The second kappa shape index (κ2) is 12.3. The third-order valence-electron chi connectivity index (χ3n) is 8.75. The molecule has 43 heavy (non-hydrogen) atoms. The molecule has 2 N–H and O–H groups in total. The first kappa shape index (κ1) is 29.1. The van der Waals surface area contributed by atoms with Crippen molar-refractivity contribution in [3.05, 3.63) is 82.4 Å². The first-order chi connectivity index (χ1) is 20.8. The molecule has 3 atom stereocenters.